The highest BCUT2D eigenvalue weighted by molar-refractivity contribution is 7.81. The number of imide groups is 1. The molecule has 0 saturated carbocycles. The van der Waals surface area contributed by atoms with E-state index in [9.17, 15) is 28.8 Å². The van der Waals surface area contributed by atoms with Gasteiger partial charge < -0.3 is 32.3 Å². The van der Waals surface area contributed by atoms with Gasteiger partial charge in [-0.25, -0.2) is 4.79 Å². The summed E-state index contributed by atoms with van der Waals surface area (Å²) < 4.78 is 0. The van der Waals surface area contributed by atoms with Crippen molar-refractivity contribution in [1.82, 2.24) is 26.2 Å². The summed E-state index contributed by atoms with van der Waals surface area (Å²) in [6.45, 7) is 6.65. The van der Waals surface area contributed by atoms with Gasteiger partial charge >= 0.3 is 6.03 Å². The number of primary amides is 1. The Bertz CT molecular complexity index is 1110. The second-order valence-corrected chi connectivity index (χ2v) is 11.2. The largest absolute Gasteiger partial charge is 0.355 e. The van der Waals surface area contributed by atoms with Gasteiger partial charge in [-0.05, 0) is 44.2 Å². The summed E-state index contributed by atoms with van der Waals surface area (Å²) in [6.07, 6.45) is 1.25. The molecule has 0 aliphatic carbocycles. The Balaban J connectivity index is 1.84. The smallest absolute Gasteiger partial charge is 0.312 e. The van der Waals surface area contributed by atoms with E-state index < -0.39 is 23.4 Å². The van der Waals surface area contributed by atoms with Crippen molar-refractivity contribution < 1.29 is 28.8 Å². The highest BCUT2D eigenvalue weighted by Gasteiger charge is 2.35. The molecule has 1 fully saturated rings. The van der Waals surface area contributed by atoms with Gasteiger partial charge in [0.05, 0.1) is 11.3 Å². The van der Waals surface area contributed by atoms with E-state index in [-0.39, 0.29) is 74.4 Å². The summed E-state index contributed by atoms with van der Waals surface area (Å²) in [6, 6.07) is 5.12. The van der Waals surface area contributed by atoms with Crippen LogP contribution in [0.2, 0.25) is 0 Å². The van der Waals surface area contributed by atoms with Gasteiger partial charge in [-0.2, -0.15) is 12.6 Å². The van der Waals surface area contributed by atoms with Crippen LogP contribution in [0.4, 0.5) is 10.5 Å². The molecule has 1 aromatic rings. The Labute approximate surface area is 251 Å². The van der Waals surface area contributed by atoms with Crippen LogP contribution < -0.4 is 32.3 Å². The molecule has 232 valence electrons. The lowest BCUT2D eigenvalue weighted by Crippen LogP contribution is -2.54. The number of nitrogens with one attached hydrogen (secondary N) is 5. The van der Waals surface area contributed by atoms with Crippen molar-refractivity contribution in [3.8, 4) is 0 Å². The Morgan fingerprint density at radius 2 is 1.69 bits per heavy atom. The standard InChI is InChI=1S/C28H43N7O6S/c1-17(2)24(31-14-13-30-22(36)7-5-15-35-23(37)16-21(42)27(35)40)26(39)34-20(6-4-12-32-28(29)41)25(38)33-19-10-8-18(3)9-11-19/h8-11,17,20-21,24,31,42H,4-7,12-16H2,1-3H3,(H,30,36)(H,33,38)(H,34,39)(H3,29,32,41)/t20-,21?,24-/m0/s1. The number of carbonyl (C=O) groups is 6. The van der Waals surface area contributed by atoms with Crippen molar-refractivity contribution in [3.05, 3.63) is 29.8 Å². The quantitative estimate of drug-likeness (QED) is 0.0761. The molecule has 7 N–H and O–H groups in total. The van der Waals surface area contributed by atoms with Crippen molar-refractivity contribution in [2.24, 2.45) is 11.7 Å². The number of carbonyl (C=O) groups excluding carboxylic acids is 6. The number of amides is 7. The predicted molar refractivity (Wildman–Crippen MR) is 162 cm³/mol. The number of anilines is 1. The molecule has 42 heavy (non-hydrogen) atoms. The van der Waals surface area contributed by atoms with Crippen molar-refractivity contribution in [2.75, 3.05) is 31.5 Å². The van der Waals surface area contributed by atoms with Crippen molar-refractivity contribution in [3.63, 3.8) is 0 Å². The number of aryl methyl sites for hydroxylation is 1. The fourth-order valence-electron chi connectivity index (χ4n) is 4.36. The molecule has 14 heteroatoms. The van der Waals surface area contributed by atoms with Gasteiger partial charge in [0.25, 0.3) is 0 Å². The number of benzene rings is 1. The highest BCUT2D eigenvalue weighted by atomic mass is 32.1. The Morgan fingerprint density at radius 3 is 2.29 bits per heavy atom. The van der Waals surface area contributed by atoms with E-state index in [0.717, 1.165) is 10.5 Å². The Hall–Kier alpha value is -3.65. The summed E-state index contributed by atoms with van der Waals surface area (Å²) in [4.78, 5) is 74.3. The zero-order valence-corrected chi connectivity index (χ0v) is 25.3. The topological polar surface area (TPSA) is 192 Å². The van der Waals surface area contributed by atoms with E-state index in [2.05, 4.69) is 39.2 Å². The maximum absolute atomic E-state index is 13.2. The van der Waals surface area contributed by atoms with Gasteiger partial charge in [0.15, 0.2) is 0 Å². The number of likely N-dealkylation sites (tertiary alicyclic amines) is 1. The molecule has 1 aliphatic heterocycles. The molecule has 1 aliphatic rings. The first-order valence-corrected chi connectivity index (χ1v) is 14.6. The summed E-state index contributed by atoms with van der Waals surface area (Å²) in [5, 5.41) is 13.4. The lowest BCUT2D eigenvalue weighted by molar-refractivity contribution is -0.138. The first kappa shape index (κ1) is 34.6. The summed E-state index contributed by atoms with van der Waals surface area (Å²) in [7, 11) is 0. The fourth-order valence-corrected chi connectivity index (χ4v) is 4.66. The zero-order chi connectivity index (χ0) is 31.2. The Kier molecular flexibility index (Phi) is 14.3. The lowest BCUT2D eigenvalue weighted by Gasteiger charge is -2.25. The normalized spacial score (nSPS) is 16.2. The second kappa shape index (κ2) is 17.3. The van der Waals surface area contributed by atoms with Gasteiger partial charge in [0.1, 0.15) is 6.04 Å². The van der Waals surface area contributed by atoms with Gasteiger partial charge in [0.2, 0.25) is 29.5 Å². The molecule has 2 rings (SSSR count). The van der Waals surface area contributed by atoms with E-state index >= 15 is 0 Å². The van der Waals surface area contributed by atoms with Gasteiger partial charge in [0, 0.05) is 44.7 Å². The summed E-state index contributed by atoms with van der Waals surface area (Å²) in [5.41, 5.74) is 6.75. The fraction of sp³-hybridized carbons (Fsp3) is 0.571. The Morgan fingerprint density at radius 1 is 1.00 bits per heavy atom. The van der Waals surface area contributed by atoms with Crippen LogP contribution in [-0.2, 0) is 24.0 Å². The molecule has 3 atom stereocenters. The molecule has 1 unspecified atom stereocenters. The molecular weight excluding hydrogens is 562 g/mol. The molecule has 1 aromatic carbocycles. The first-order valence-electron chi connectivity index (χ1n) is 14.1. The van der Waals surface area contributed by atoms with Crippen LogP contribution in [0, 0.1) is 12.8 Å². The van der Waals surface area contributed by atoms with E-state index in [1.807, 2.05) is 32.9 Å². The summed E-state index contributed by atoms with van der Waals surface area (Å²) >= 11 is 4.08. The molecule has 13 nitrogen and oxygen atoms in total. The number of nitrogens with two attached hydrogens (primary N) is 1. The van der Waals surface area contributed by atoms with Crippen molar-refractivity contribution in [1.29, 1.82) is 0 Å². The van der Waals surface area contributed by atoms with Crippen LogP contribution in [0.1, 0.15) is 51.5 Å². The third-order valence-electron chi connectivity index (χ3n) is 6.69. The van der Waals surface area contributed by atoms with Crippen LogP contribution >= 0.6 is 12.6 Å². The van der Waals surface area contributed by atoms with Crippen LogP contribution in [0.5, 0.6) is 0 Å². The van der Waals surface area contributed by atoms with Crippen molar-refractivity contribution in [2.45, 2.75) is 70.2 Å². The maximum Gasteiger partial charge on any atom is 0.312 e. The van der Waals surface area contributed by atoms with Crippen LogP contribution in [0.25, 0.3) is 0 Å². The highest BCUT2D eigenvalue weighted by Crippen LogP contribution is 2.18. The number of urea groups is 1. The molecule has 0 spiro atoms. The van der Waals surface area contributed by atoms with Crippen LogP contribution in [0.3, 0.4) is 0 Å². The van der Waals surface area contributed by atoms with E-state index in [4.69, 9.17) is 5.73 Å². The molecule has 1 heterocycles. The monoisotopic (exact) mass is 605 g/mol. The third kappa shape index (κ3) is 11.7. The average Bonchev–Trinajstić information content (AvgIpc) is 3.16. The second-order valence-electron chi connectivity index (χ2n) is 10.6. The van der Waals surface area contributed by atoms with Crippen LogP contribution in [0.15, 0.2) is 24.3 Å². The molecule has 7 amide bonds. The third-order valence-corrected chi connectivity index (χ3v) is 7.09. The number of rotatable bonds is 17. The number of hydrogen-bond donors (Lipinski definition) is 7. The minimum Gasteiger partial charge on any atom is -0.355 e. The van der Waals surface area contributed by atoms with E-state index in [1.54, 1.807) is 12.1 Å². The lowest BCUT2D eigenvalue weighted by atomic mass is 10.0. The SMILES string of the molecule is Cc1ccc(NC(=O)[C@H](CCCNC(N)=O)NC(=O)[C@@H](NCCNC(=O)CCCN2C(=O)CC(S)C2=O)C(C)C)cc1. The van der Waals surface area contributed by atoms with Gasteiger partial charge in [-0.3, -0.25) is 28.9 Å². The van der Waals surface area contributed by atoms with Crippen LogP contribution in [-0.4, -0.2) is 84.0 Å². The van der Waals surface area contributed by atoms with E-state index in [0.29, 0.717) is 25.1 Å². The predicted octanol–water partition coefficient (Wildman–Crippen LogP) is 0.435. The molecule has 1 saturated heterocycles. The first-order chi connectivity index (χ1) is 19.9. The van der Waals surface area contributed by atoms with Gasteiger partial charge in [-0.1, -0.05) is 31.5 Å². The van der Waals surface area contributed by atoms with Crippen molar-refractivity contribution >= 4 is 53.9 Å². The molecule has 0 radical (unpaired) electrons. The maximum atomic E-state index is 13.2. The minimum absolute atomic E-state index is 0.0784. The zero-order valence-electron chi connectivity index (χ0n) is 24.4. The average molecular weight is 606 g/mol. The minimum atomic E-state index is -0.858. The molecule has 0 aromatic heterocycles. The summed E-state index contributed by atoms with van der Waals surface area (Å²) in [5.74, 6) is -1.72. The molecular formula is C28H43N7O6S. The number of nitrogens with zero attached hydrogens (tertiary/aromatic N) is 1. The number of hydrogen-bond acceptors (Lipinski definition) is 8. The van der Waals surface area contributed by atoms with Gasteiger partial charge in [-0.15, -0.1) is 0 Å². The van der Waals surface area contributed by atoms with E-state index in [1.165, 1.54) is 0 Å². The molecule has 0 bridgehead atoms. The number of thiol groups is 1.